The van der Waals surface area contributed by atoms with E-state index < -0.39 is 114 Å². The molecule has 9 aromatic heterocycles. The van der Waals surface area contributed by atoms with Gasteiger partial charge >= 0.3 is 18.1 Å². The van der Waals surface area contributed by atoms with Crippen molar-refractivity contribution < 1.29 is 87.5 Å². The second kappa shape index (κ2) is 30.7. The number of carbonyl (C=O) groups excluding carboxylic acids is 5. The van der Waals surface area contributed by atoms with Crippen molar-refractivity contribution >= 4 is 75.5 Å². The number of likely N-dealkylation sites (tertiary alicyclic amines) is 2. The minimum absolute atomic E-state index is 0.0143. The van der Waals surface area contributed by atoms with Crippen molar-refractivity contribution in [3.8, 4) is 11.8 Å². The zero-order valence-corrected chi connectivity index (χ0v) is 56.7. The van der Waals surface area contributed by atoms with Gasteiger partial charge in [0, 0.05) is 81.3 Å². The van der Waals surface area contributed by atoms with E-state index in [1.807, 2.05) is 0 Å². The Labute approximate surface area is 579 Å². The van der Waals surface area contributed by atoms with Crippen molar-refractivity contribution in [3.63, 3.8) is 0 Å². The Morgan fingerprint density at radius 3 is 1.24 bits per heavy atom. The summed E-state index contributed by atoms with van der Waals surface area (Å²) in [4.78, 5) is 97.6. The monoisotopic (exact) mass is 1450 g/mol. The zero-order valence-electron chi connectivity index (χ0n) is 55.9. The molecule has 0 spiro atoms. The van der Waals surface area contributed by atoms with Crippen LogP contribution >= 0.6 is 11.6 Å². The number of imidazole rings is 3. The van der Waals surface area contributed by atoms with Crippen LogP contribution in [0.1, 0.15) is 109 Å². The second-order valence-corrected chi connectivity index (χ2v) is 25.9. The quantitative estimate of drug-likeness (QED) is 0.0795. The minimum Gasteiger partial charge on any atom is -0.467 e. The first-order chi connectivity index (χ1) is 47.8. The molecule has 9 aromatic rings. The van der Waals surface area contributed by atoms with Crippen molar-refractivity contribution in [2.45, 2.75) is 129 Å². The van der Waals surface area contributed by atoms with Crippen LogP contribution in [-0.2, 0) is 9.47 Å². The number of nitrogens with zero attached hydrogens (tertiary/aromatic N) is 14. The number of pyridine rings is 3. The highest BCUT2D eigenvalue weighted by Gasteiger charge is 2.49. The second-order valence-electron chi connectivity index (χ2n) is 25.5. The summed E-state index contributed by atoms with van der Waals surface area (Å²) in [6.07, 6.45) is 10.0. The predicted molar refractivity (Wildman–Crippen MR) is 347 cm³/mol. The lowest BCUT2D eigenvalue weighted by atomic mass is 10.0. The van der Waals surface area contributed by atoms with Crippen molar-refractivity contribution in [1.82, 2.24) is 73.2 Å². The van der Waals surface area contributed by atoms with E-state index in [1.165, 1.54) is 44.1 Å². The van der Waals surface area contributed by atoms with E-state index in [2.05, 4.69) is 66.1 Å². The van der Waals surface area contributed by atoms with Gasteiger partial charge in [0.25, 0.3) is 29.6 Å². The van der Waals surface area contributed by atoms with E-state index in [9.17, 15) is 63.5 Å². The summed E-state index contributed by atoms with van der Waals surface area (Å²) in [6, 6.07) is 3.46. The maximum absolute atomic E-state index is 14.7. The summed E-state index contributed by atoms with van der Waals surface area (Å²) in [7, 11) is 0. The molecule has 3 atom stereocenters. The number of hydrogen-bond acceptors (Lipinski definition) is 20. The normalized spacial score (nSPS) is 17.7. The fourth-order valence-electron chi connectivity index (χ4n) is 9.95. The van der Waals surface area contributed by atoms with Gasteiger partial charge < -0.3 is 68.3 Å². The number of anilines is 3. The first kappa shape index (κ1) is 75.6. The predicted octanol–water partition coefficient (Wildman–Crippen LogP) is 10.1. The van der Waals surface area contributed by atoms with E-state index in [0.717, 1.165) is 46.7 Å². The molecular formula is C64H68ClF9N18O10. The third-order valence-corrected chi connectivity index (χ3v) is 14.8. The molecule has 3 fully saturated rings. The Morgan fingerprint density at radius 2 is 0.892 bits per heavy atom. The van der Waals surface area contributed by atoms with E-state index in [0.29, 0.717) is 29.3 Å². The minimum atomic E-state index is -3.36. The van der Waals surface area contributed by atoms with Crippen molar-refractivity contribution in [1.29, 1.82) is 0 Å². The molecule has 5 amide bonds. The molecule has 0 radical (unpaired) electrons. The zero-order chi connectivity index (χ0) is 74.4. The van der Waals surface area contributed by atoms with E-state index in [-0.39, 0.29) is 94.7 Å². The van der Waals surface area contributed by atoms with Gasteiger partial charge in [-0.3, -0.25) is 14.4 Å². The SMILES string of the molecule is CC(C)(C)OC(=O)N1CCC(O)C(F)(F)C1.Cc1cn2cc(NC(=O)c3cnc(Cl)cn3)cc(F)c2n1.Cc1cn2cc(NC(=O)c3cnc(OC4CCN(C(=O)OC(C)(C)C)CC4(F)F)cn3)cc(F)c2n1.Cc1cn2cc(NC(=O)c3cnc(OC4CCNCC4(F)F)cn3)cc(F)c2n1. The number of carbonyl (C=O) groups is 5. The Kier molecular flexibility index (Phi) is 22.8. The molecule has 28 nitrogen and oxygen atoms in total. The smallest absolute Gasteiger partial charge is 0.410 e. The number of ether oxygens (including phenoxy) is 4. The molecule has 12 rings (SSSR count). The number of halogens is 10. The Balaban J connectivity index is 0.000000165. The molecule has 0 saturated carbocycles. The van der Waals surface area contributed by atoms with Gasteiger partial charge in [0.15, 0.2) is 46.6 Å². The van der Waals surface area contributed by atoms with Crippen LogP contribution in [0.5, 0.6) is 11.8 Å². The number of aromatic nitrogens is 12. The molecular weight excluding hydrogens is 1390 g/mol. The summed E-state index contributed by atoms with van der Waals surface area (Å²) in [6.45, 7) is 13.5. The number of fused-ring (bicyclic) bond motifs is 3. The highest BCUT2D eigenvalue weighted by molar-refractivity contribution is 6.29. The van der Waals surface area contributed by atoms with Crippen LogP contribution in [0.4, 0.5) is 66.2 Å². The maximum Gasteiger partial charge on any atom is 0.410 e. The number of nitrogens with one attached hydrogen (secondary N) is 4. The van der Waals surface area contributed by atoms with Crippen LogP contribution in [-0.4, -0.2) is 189 Å². The molecule has 3 unspecified atom stereocenters. The molecule has 0 aliphatic carbocycles. The summed E-state index contributed by atoms with van der Waals surface area (Å²) >= 11 is 5.60. The number of aliphatic hydroxyl groups is 1. The van der Waals surface area contributed by atoms with Crippen LogP contribution in [0.2, 0.25) is 5.15 Å². The Morgan fingerprint density at radius 1 is 0.520 bits per heavy atom. The Bertz CT molecular complexity index is 4520. The highest BCUT2D eigenvalue weighted by atomic mass is 35.5. The molecule has 3 saturated heterocycles. The molecule has 0 bridgehead atoms. The summed E-state index contributed by atoms with van der Waals surface area (Å²) in [5.74, 6) is -13.5. The molecule has 3 aliphatic rings. The van der Waals surface area contributed by atoms with Crippen LogP contribution in [0, 0.1) is 38.2 Å². The number of amides is 5. The van der Waals surface area contributed by atoms with Gasteiger partial charge in [0.1, 0.15) is 39.5 Å². The van der Waals surface area contributed by atoms with Crippen LogP contribution < -0.4 is 30.7 Å². The average molecular weight is 1460 g/mol. The number of aryl methyl sites for hydroxylation is 3. The molecule has 102 heavy (non-hydrogen) atoms. The number of piperidine rings is 3. The maximum atomic E-state index is 14.7. The first-order valence-corrected chi connectivity index (χ1v) is 31.5. The molecule has 544 valence electrons. The topological polar surface area (TPSA) is 326 Å². The van der Waals surface area contributed by atoms with Crippen LogP contribution in [0.3, 0.4) is 0 Å². The summed E-state index contributed by atoms with van der Waals surface area (Å²) in [5, 5.41) is 19.4. The highest BCUT2D eigenvalue weighted by Crippen LogP contribution is 2.33. The number of aliphatic hydroxyl groups excluding tert-OH is 1. The molecule has 3 aliphatic heterocycles. The van der Waals surface area contributed by atoms with Crippen LogP contribution in [0.25, 0.3) is 16.9 Å². The van der Waals surface area contributed by atoms with Gasteiger partial charge in [-0.2, -0.15) is 0 Å². The standard InChI is InChI=1S/C23H25F3N6O4.C18H17F3N6O2.C13H9ClFN5O.C10H17F2NO3/c1-13-10-32-11-14(7-15(24)19(32)29-13)30-20(33)16-8-28-18(9-27-16)35-17-5-6-31(12-23(17,25)26)21(34)36-22(2,3)4;1-10-7-27-8-11(4-12(19)16(27)25-10)26-17(28)13-5-24-15(6-23-13)29-14-2-3-22-9-18(14,20)21;1-7-5-20-6-8(2-9(15)12(20)18-7)19-13(21)10-3-17-11(14)4-16-10;1-9(2,3)16-8(15)13-5-4-7(14)10(11,12)6-13/h7-11,17H,5-6,12H2,1-4H3,(H,30,33);4-8,14,22H,2-3,9H2,1H3,(H,26,28);2-6H,1H3,(H,19,21);7,14H,4-6H2,1-3H3. The number of alkyl halides is 6. The van der Waals surface area contributed by atoms with Gasteiger partial charge in [-0.1, -0.05) is 11.6 Å². The lowest BCUT2D eigenvalue weighted by Crippen LogP contribution is -2.56. The number of hydrogen-bond donors (Lipinski definition) is 5. The Hall–Kier alpha value is -10.6. The summed E-state index contributed by atoms with van der Waals surface area (Å²) in [5.41, 5.74) is 1.44. The van der Waals surface area contributed by atoms with E-state index in [4.69, 9.17) is 35.7 Å². The van der Waals surface area contributed by atoms with Gasteiger partial charge in [-0.05, 0) is 75.3 Å². The van der Waals surface area contributed by atoms with E-state index >= 15 is 0 Å². The van der Waals surface area contributed by atoms with Gasteiger partial charge in [0.2, 0.25) is 11.8 Å². The van der Waals surface area contributed by atoms with E-state index in [1.54, 1.807) is 87.1 Å². The molecule has 5 N–H and O–H groups in total. The van der Waals surface area contributed by atoms with Crippen LogP contribution in [0.15, 0.2) is 92.6 Å². The van der Waals surface area contributed by atoms with Crippen molar-refractivity contribution in [3.05, 3.63) is 149 Å². The molecule has 12 heterocycles. The lowest BCUT2D eigenvalue weighted by Gasteiger charge is -2.38. The fourth-order valence-corrected chi connectivity index (χ4v) is 10.1. The summed E-state index contributed by atoms with van der Waals surface area (Å²) < 4.78 is 151. The van der Waals surface area contributed by atoms with Crippen molar-refractivity contribution in [2.75, 3.05) is 55.2 Å². The third-order valence-electron chi connectivity index (χ3n) is 14.6. The fraction of sp³-hybridized carbons (Fsp3) is 0.406. The average Bonchev–Trinajstić information content (AvgIpc) is 1.35. The van der Waals surface area contributed by atoms with Gasteiger partial charge in [-0.15, -0.1) is 0 Å². The number of rotatable bonds is 10. The van der Waals surface area contributed by atoms with Gasteiger partial charge in [-0.25, -0.2) is 94.0 Å². The lowest BCUT2D eigenvalue weighted by molar-refractivity contribution is -0.147. The largest absolute Gasteiger partial charge is 0.467 e. The van der Waals surface area contributed by atoms with Crippen molar-refractivity contribution in [2.24, 2.45) is 0 Å². The van der Waals surface area contributed by atoms with Gasteiger partial charge in [0.05, 0.1) is 91.0 Å². The molecule has 38 heteroatoms. The molecule has 0 aromatic carbocycles. The third kappa shape index (κ3) is 19.9. The first-order valence-electron chi connectivity index (χ1n) is 31.1.